The molecule has 7 heteroatoms. The van der Waals surface area contributed by atoms with Gasteiger partial charge in [-0.25, -0.2) is 19.9 Å². The van der Waals surface area contributed by atoms with E-state index in [1.165, 1.54) is 18.1 Å². The molecule has 0 saturated heterocycles. The number of nitrogens with zero attached hydrogens (tertiary/aromatic N) is 5. The van der Waals surface area contributed by atoms with E-state index in [-0.39, 0.29) is 11.9 Å². The minimum Gasteiger partial charge on any atom is -0.337 e. The molecule has 1 amide bonds. The molecule has 2 aromatic rings. The van der Waals surface area contributed by atoms with Gasteiger partial charge in [0.25, 0.3) is 0 Å². The molecule has 2 rings (SSSR count). The molecule has 21 heavy (non-hydrogen) atoms. The minimum atomic E-state index is -0.0977. The first-order valence-corrected chi connectivity index (χ1v) is 7.50. The fraction of sp³-hybridized carbons (Fsp3) is 0.357. The molecule has 1 unspecified atom stereocenters. The number of aryl methyl sites for hydroxylation is 1. The molecule has 0 bridgehead atoms. The van der Waals surface area contributed by atoms with Crippen molar-refractivity contribution < 1.29 is 4.79 Å². The molecule has 0 aromatic carbocycles. The van der Waals surface area contributed by atoms with Crippen molar-refractivity contribution in [2.45, 2.75) is 25.0 Å². The van der Waals surface area contributed by atoms with Gasteiger partial charge in [-0.3, -0.25) is 4.79 Å². The molecule has 0 aliphatic rings. The van der Waals surface area contributed by atoms with E-state index >= 15 is 0 Å². The van der Waals surface area contributed by atoms with Crippen molar-refractivity contribution in [3.8, 4) is 0 Å². The molecule has 1 atom stereocenters. The second-order valence-corrected chi connectivity index (χ2v) is 5.53. The van der Waals surface area contributed by atoms with Crippen LogP contribution < -0.4 is 0 Å². The fourth-order valence-corrected chi connectivity index (χ4v) is 2.49. The first-order chi connectivity index (χ1) is 10.1. The first kappa shape index (κ1) is 15.4. The quantitative estimate of drug-likeness (QED) is 0.620. The summed E-state index contributed by atoms with van der Waals surface area (Å²) >= 11 is 1.34. The molecule has 2 aromatic heterocycles. The predicted octanol–water partition coefficient (Wildman–Crippen LogP) is 1.89. The third-order valence-electron chi connectivity index (χ3n) is 3.10. The topological polar surface area (TPSA) is 71.9 Å². The number of hydrogen-bond donors (Lipinski definition) is 0. The lowest BCUT2D eigenvalue weighted by Gasteiger charge is -2.24. The second kappa shape index (κ2) is 7.12. The Morgan fingerprint density at radius 3 is 2.81 bits per heavy atom. The van der Waals surface area contributed by atoms with Gasteiger partial charge in [0.2, 0.25) is 5.91 Å². The summed E-state index contributed by atoms with van der Waals surface area (Å²) in [6, 6.07) is 3.54. The summed E-state index contributed by atoms with van der Waals surface area (Å²) in [5, 5.41) is 0.617. The summed E-state index contributed by atoms with van der Waals surface area (Å²) in [7, 11) is 1.77. The molecule has 0 N–H and O–H groups in total. The van der Waals surface area contributed by atoms with Crippen LogP contribution in [0.25, 0.3) is 0 Å². The second-order valence-electron chi connectivity index (χ2n) is 4.58. The van der Waals surface area contributed by atoms with Gasteiger partial charge >= 0.3 is 0 Å². The molecular weight excluding hydrogens is 286 g/mol. The lowest BCUT2D eigenvalue weighted by molar-refractivity contribution is -0.129. The van der Waals surface area contributed by atoms with E-state index < -0.39 is 0 Å². The van der Waals surface area contributed by atoms with E-state index in [0.29, 0.717) is 10.9 Å². The summed E-state index contributed by atoms with van der Waals surface area (Å²) in [6.45, 7) is 3.84. The monoisotopic (exact) mass is 303 g/mol. The predicted molar refractivity (Wildman–Crippen MR) is 80.7 cm³/mol. The molecule has 2 heterocycles. The van der Waals surface area contributed by atoms with Crippen molar-refractivity contribution in [2.75, 3.05) is 12.8 Å². The van der Waals surface area contributed by atoms with Crippen LogP contribution in [0.3, 0.4) is 0 Å². The highest BCUT2D eigenvalue weighted by Gasteiger charge is 2.18. The SMILES string of the molecule is Cc1ccnc(SCC(=O)N(C)C(C)c2ccncn2)n1. The van der Waals surface area contributed by atoms with Crippen molar-refractivity contribution >= 4 is 17.7 Å². The van der Waals surface area contributed by atoms with Gasteiger partial charge in [0.05, 0.1) is 17.5 Å². The van der Waals surface area contributed by atoms with E-state index in [4.69, 9.17) is 0 Å². The molecule has 0 aliphatic carbocycles. The van der Waals surface area contributed by atoms with Gasteiger partial charge in [0.15, 0.2) is 5.16 Å². The maximum absolute atomic E-state index is 12.2. The van der Waals surface area contributed by atoms with E-state index in [9.17, 15) is 4.79 Å². The fourth-order valence-electron chi connectivity index (χ4n) is 1.69. The Labute approximate surface area is 128 Å². The van der Waals surface area contributed by atoms with Crippen LogP contribution in [0.5, 0.6) is 0 Å². The molecule has 0 fully saturated rings. The summed E-state index contributed by atoms with van der Waals surface area (Å²) in [6.07, 6.45) is 4.86. The third-order valence-corrected chi connectivity index (χ3v) is 3.95. The number of hydrogen-bond acceptors (Lipinski definition) is 6. The summed E-state index contributed by atoms with van der Waals surface area (Å²) < 4.78 is 0. The lowest BCUT2D eigenvalue weighted by Crippen LogP contribution is -2.31. The average Bonchev–Trinajstić information content (AvgIpc) is 2.52. The highest BCUT2D eigenvalue weighted by atomic mass is 32.2. The normalized spacial score (nSPS) is 12.0. The number of thioether (sulfide) groups is 1. The molecular formula is C14H17N5OS. The van der Waals surface area contributed by atoms with Crippen LogP contribution in [-0.2, 0) is 4.79 Å². The number of rotatable bonds is 5. The van der Waals surface area contributed by atoms with Gasteiger partial charge in [-0.15, -0.1) is 0 Å². The van der Waals surface area contributed by atoms with E-state index in [2.05, 4.69) is 19.9 Å². The van der Waals surface area contributed by atoms with Gasteiger partial charge in [0, 0.05) is 25.1 Å². The van der Waals surface area contributed by atoms with Crippen LogP contribution >= 0.6 is 11.8 Å². The van der Waals surface area contributed by atoms with Gasteiger partial charge < -0.3 is 4.90 Å². The minimum absolute atomic E-state index is 0.0104. The van der Waals surface area contributed by atoms with Crippen molar-refractivity contribution in [3.63, 3.8) is 0 Å². The van der Waals surface area contributed by atoms with Crippen molar-refractivity contribution in [2.24, 2.45) is 0 Å². The number of amides is 1. The molecule has 0 saturated carbocycles. The third kappa shape index (κ3) is 4.22. The maximum atomic E-state index is 12.2. The highest BCUT2D eigenvalue weighted by molar-refractivity contribution is 7.99. The van der Waals surface area contributed by atoms with Gasteiger partial charge in [0.1, 0.15) is 6.33 Å². The number of aromatic nitrogens is 4. The van der Waals surface area contributed by atoms with Crippen molar-refractivity contribution in [1.82, 2.24) is 24.8 Å². The standard InChI is InChI=1S/C14H17N5OS/c1-10-4-7-16-14(18-10)21-8-13(20)19(3)11(2)12-5-6-15-9-17-12/h4-7,9,11H,8H2,1-3H3. The zero-order chi connectivity index (χ0) is 15.2. The van der Waals surface area contributed by atoms with Gasteiger partial charge in [-0.2, -0.15) is 0 Å². The van der Waals surface area contributed by atoms with E-state index in [0.717, 1.165) is 11.4 Å². The molecule has 0 radical (unpaired) electrons. The Kier molecular flexibility index (Phi) is 5.21. The van der Waals surface area contributed by atoms with Gasteiger partial charge in [-0.05, 0) is 26.0 Å². The Bertz CT molecular complexity index is 607. The van der Waals surface area contributed by atoms with E-state index in [1.807, 2.05) is 26.0 Å². The van der Waals surface area contributed by atoms with Crippen LogP contribution in [0.2, 0.25) is 0 Å². The highest BCUT2D eigenvalue weighted by Crippen LogP contribution is 2.18. The van der Waals surface area contributed by atoms with Crippen molar-refractivity contribution in [3.05, 3.63) is 42.2 Å². The molecule has 0 spiro atoms. The molecule has 110 valence electrons. The molecule has 0 aliphatic heterocycles. The van der Waals surface area contributed by atoms with Crippen LogP contribution in [-0.4, -0.2) is 43.5 Å². The lowest BCUT2D eigenvalue weighted by atomic mass is 10.2. The summed E-state index contributed by atoms with van der Waals surface area (Å²) in [4.78, 5) is 30.4. The average molecular weight is 303 g/mol. The summed E-state index contributed by atoms with van der Waals surface area (Å²) in [5.74, 6) is 0.311. The number of carbonyl (C=O) groups is 1. The Hall–Kier alpha value is -2.02. The van der Waals surface area contributed by atoms with Crippen LogP contribution in [0, 0.1) is 6.92 Å². The zero-order valence-electron chi connectivity index (χ0n) is 12.2. The molecule has 6 nitrogen and oxygen atoms in total. The van der Waals surface area contributed by atoms with Crippen LogP contribution in [0.15, 0.2) is 36.0 Å². The summed E-state index contributed by atoms with van der Waals surface area (Å²) in [5.41, 5.74) is 1.71. The van der Waals surface area contributed by atoms with Crippen LogP contribution in [0.1, 0.15) is 24.4 Å². The number of carbonyl (C=O) groups excluding carboxylic acids is 1. The van der Waals surface area contributed by atoms with Crippen molar-refractivity contribution in [1.29, 1.82) is 0 Å². The Morgan fingerprint density at radius 2 is 2.14 bits per heavy atom. The van der Waals surface area contributed by atoms with E-state index in [1.54, 1.807) is 24.3 Å². The largest absolute Gasteiger partial charge is 0.337 e. The van der Waals surface area contributed by atoms with Crippen LogP contribution in [0.4, 0.5) is 0 Å². The maximum Gasteiger partial charge on any atom is 0.233 e. The Balaban J connectivity index is 1.94. The Morgan fingerprint density at radius 1 is 1.33 bits per heavy atom. The van der Waals surface area contributed by atoms with Gasteiger partial charge in [-0.1, -0.05) is 11.8 Å². The zero-order valence-corrected chi connectivity index (χ0v) is 13.0. The smallest absolute Gasteiger partial charge is 0.233 e. The first-order valence-electron chi connectivity index (χ1n) is 6.52.